The summed E-state index contributed by atoms with van der Waals surface area (Å²) in [6.07, 6.45) is 4.56. The molecule has 0 radical (unpaired) electrons. The summed E-state index contributed by atoms with van der Waals surface area (Å²) in [6.45, 7) is 6.94. The van der Waals surface area contributed by atoms with E-state index in [9.17, 15) is 0 Å². The van der Waals surface area contributed by atoms with Crippen molar-refractivity contribution in [3.63, 3.8) is 0 Å². The van der Waals surface area contributed by atoms with Gasteiger partial charge in [0.15, 0.2) is 0 Å². The summed E-state index contributed by atoms with van der Waals surface area (Å²) < 4.78 is 0. The van der Waals surface area contributed by atoms with Gasteiger partial charge in [0.1, 0.15) is 5.84 Å². The molecule has 0 aliphatic carbocycles. The molecule has 2 aliphatic heterocycles. The SMILES string of the molecule is CC(CC(N)=NO)N1CCCN2CCCC2C1. The van der Waals surface area contributed by atoms with Crippen LogP contribution in [0.25, 0.3) is 0 Å². The van der Waals surface area contributed by atoms with Crippen molar-refractivity contribution in [3.8, 4) is 0 Å². The average molecular weight is 240 g/mol. The summed E-state index contributed by atoms with van der Waals surface area (Å²) in [7, 11) is 0. The maximum Gasteiger partial charge on any atom is 0.140 e. The molecule has 2 rings (SSSR count). The Bertz CT molecular complexity index is 282. The molecule has 5 nitrogen and oxygen atoms in total. The first-order chi connectivity index (χ1) is 8.20. The Morgan fingerprint density at radius 3 is 2.94 bits per heavy atom. The van der Waals surface area contributed by atoms with Gasteiger partial charge in [-0.25, -0.2) is 0 Å². The maximum absolute atomic E-state index is 8.62. The van der Waals surface area contributed by atoms with E-state index in [0.717, 1.165) is 19.1 Å². The molecule has 0 aromatic carbocycles. The number of rotatable bonds is 3. The number of oxime groups is 1. The van der Waals surface area contributed by atoms with Crippen LogP contribution in [0.2, 0.25) is 0 Å². The lowest BCUT2D eigenvalue weighted by atomic mass is 10.1. The van der Waals surface area contributed by atoms with Crippen molar-refractivity contribution in [1.29, 1.82) is 0 Å². The molecule has 2 saturated heterocycles. The Morgan fingerprint density at radius 1 is 1.41 bits per heavy atom. The van der Waals surface area contributed by atoms with Crippen LogP contribution in [0.4, 0.5) is 0 Å². The largest absolute Gasteiger partial charge is 0.409 e. The summed E-state index contributed by atoms with van der Waals surface area (Å²) in [4.78, 5) is 5.12. The lowest BCUT2D eigenvalue weighted by Gasteiger charge is -2.30. The van der Waals surface area contributed by atoms with Crippen LogP contribution in [0.15, 0.2) is 5.16 Å². The minimum Gasteiger partial charge on any atom is -0.409 e. The molecule has 2 heterocycles. The lowest BCUT2D eigenvalue weighted by Crippen LogP contribution is -2.42. The molecule has 2 fully saturated rings. The second-order valence-electron chi connectivity index (χ2n) is 5.32. The predicted molar refractivity (Wildman–Crippen MR) is 68.3 cm³/mol. The highest BCUT2D eigenvalue weighted by atomic mass is 16.4. The first-order valence-electron chi connectivity index (χ1n) is 6.65. The monoisotopic (exact) mass is 240 g/mol. The van der Waals surface area contributed by atoms with E-state index in [1.54, 1.807) is 0 Å². The molecule has 98 valence electrons. The van der Waals surface area contributed by atoms with E-state index >= 15 is 0 Å². The molecule has 2 aliphatic rings. The summed E-state index contributed by atoms with van der Waals surface area (Å²) in [5.41, 5.74) is 5.59. The van der Waals surface area contributed by atoms with Crippen LogP contribution in [-0.4, -0.2) is 59.1 Å². The van der Waals surface area contributed by atoms with Crippen molar-refractivity contribution >= 4 is 5.84 Å². The van der Waals surface area contributed by atoms with Crippen molar-refractivity contribution in [3.05, 3.63) is 0 Å². The number of fused-ring (bicyclic) bond motifs is 1. The fourth-order valence-electron chi connectivity index (χ4n) is 3.11. The molecule has 0 amide bonds. The first kappa shape index (κ1) is 12.6. The number of amidine groups is 1. The Hall–Kier alpha value is -0.810. The smallest absolute Gasteiger partial charge is 0.140 e. The van der Waals surface area contributed by atoms with Gasteiger partial charge in [-0.3, -0.25) is 9.80 Å². The fourth-order valence-corrected chi connectivity index (χ4v) is 3.11. The number of nitrogens with zero attached hydrogens (tertiary/aromatic N) is 3. The van der Waals surface area contributed by atoms with Gasteiger partial charge in [0.2, 0.25) is 0 Å². The van der Waals surface area contributed by atoms with Gasteiger partial charge in [-0.05, 0) is 45.8 Å². The Balaban J connectivity index is 1.91. The lowest BCUT2D eigenvalue weighted by molar-refractivity contribution is 0.183. The highest BCUT2D eigenvalue weighted by molar-refractivity contribution is 5.80. The molecule has 3 N–H and O–H groups in total. The standard InChI is InChI=1S/C12H24N4O/c1-10(8-12(13)14-17)16-7-3-6-15-5-2-4-11(15)9-16/h10-11,17H,2-9H2,1H3,(H2,13,14). The highest BCUT2D eigenvalue weighted by Crippen LogP contribution is 2.22. The quantitative estimate of drug-likeness (QED) is 0.329. The van der Waals surface area contributed by atoms with Crippen LogP contribution in [0, 0.1) is 0 Å². The van der Waals surface area contributed by atoms with Gasteiger partial charge in [-0.1, -0.05) is 5.16 Å². The zero-order chi connectivity index (χ0) is 12.3. The molecular weight excluding hydrogens is 216 g/mol. The molecule has 0 aromatic heterocycles. The van der Waals surface area contributed by atoms with Gasteiger partial charge in [-0.2, -0.15) is 0 Å². The summed E-state index contributed by atoms with van der Waals surface area (Å²) in [5.74, 6) is 0.338. The van der Waals surface area contributed by atoms with Crippen molar-refractivity contribution in [1.82, 2.24) is 9.80 Å². The molecule has 2 atom stereocenters. The Labute approximate surface area is 103 Å². The van der Waals surface area contributed by atoms with E-state index < -0.39 is 0 Å². The molecular formula is C12H24N4O. The third-order valence-electron chi connectivity index (χ3n) is 4.09. The van der Waals surface area contributed by atoms with Crippen molar-refractivity contribution < 1.29 is 5.21 Å². The zero-order valence-corrected chi connectivity index (χ0v) is 10.7. The summed E-state index contributed by atoms with van der Waals surface area (Å²) in [5, 5.41) is 11.7. The van der Waals surface area contributed by atoms with E-state index in [2.05, 4.69) is 21.9 Å². The average Bonchev–Trinajstić information content (AvgIpc) is 2.66. The number of nitrogens with two attached hydrogens (primary N) is 1. The Kier molecular flexibility index (Phi) is 4.23. The van der Waals surface area contributed by atoms with Gasteiger partial charge < -0.3 is 10.9 Å². The molecule has 17 heavy (non-hydrogen) atoms. The number of hydrogen-bond donors (Lipinski definition) is 2. The second-order valence-corrected chi connectivity index (χ2v) is 5.32. The van der Waals surface area contributed by atoms with Gasteiger partial charge in [-0.15, -0.1) is 0 Å². The molecule has 0 bridgehead atoms. The van der Waals surface area contributed by atoms with Gasteiger partial charge in [0.25, 0.3) is 0 Å². The number of hydrogen-bond acceptors (Lipinski definition) is 4. The van der Waals surface area contributed by atoms with Crippen LogP contribution in [-0.2, 0) is 0 Å². The van der Waals surface area contributed by atoms with E-state index in [1.165, 1.54) is 32.4 Å². The molecule has 0 spiro atoms. The normalized spacial score (nSPS) is 29.9. The minimum absolute atomic E-state index is 0.338. The van der Waals surface area contributed by atoms with E-state index in [1.807, 2.05) is 0 Å². The summed E-state index contributed by atoms with van der Waals surface area (Å²) in [6, 6.07) is 1.10. The zero-order valence-electron chi connectivity index (χ0n) is 10.7. The summed E-state index contributed by atoms with van der Waals surface area (Å²) >= 11 is 0. The van der Waals surface area contributed by atoms with Crippen LogP contribution in [0.3, 0.4) is 0 Å². The van der Waals surface area contributed by atoms with Crippen LogP contribution in [0.5, 0.6) is 0 Å². The van der Waals surface area contributed by atoms with Gasteiger partial charge in [0.05, 0.1) is 0 Å². The molecule has 0 saturated carbocycles. The fraction of sp³-hybridized carbons (Fsp3) is 0.917. The topological polar surface area (TPSA) is 65.1 Å². The van der Waals surface area contributed by atoms with Crippen molar-refractivity contribution in [2.75, 3.05) is 26.2 Å². The molecule has 5 heteroatoms. The van der Waals surface area contributed by atoms with Crippen LogP contribution >= 0.6 is 0 Å². The third kappa shape index (κ3) is 3.10. The van der Waals surface area contributed by atoms with Crippen LogP contribution in [0.1, 0.15) is 32.6 Å². The van der Waals surface area contributed by atoms with E-state index in [0.29, 0.717) is 18.3 Å². The molecule has 0 aromatic rings. The van der Waals surface area contributed by atoms with Crippen molar-refractivity contribution in [2.45, 2.75) is 44.7 Å². The van der Waals surface area contributed by atoms with E-state index in [-0.39, 0.29) is 0 Å². The molecule has 2 unspecified atom stereocenters. The second kappa shape index (κ2) is 5.69. The maximum atomic E-state index is 8.62. The van der Waals surface area contributed by atoms with Crippen molar-refractivity contribution in [2.24, 2.45) is 10.9 Å². The van der Waals surface area contributed by atoms with E-state index in [4.69, 9.17) is 10.9 Å². The first-order valence-corrected chi connectivity index (χ1v) is 6.65. The Morgan fingerprint density at radius 2 is 2.18 bits per heavy atom. The van der Waals surface area contributed by atoms with Gasteiger partial charge >= 0.3 is 0 Å². The predicted octanol–water partition coefficient (Wildman–Crippen LogP) is 0.682. The third-order valence-corrected chi connectivity index (χ3v) is 4.09. The highest BCUT2D eigenvalue weighted by Gasteiger charge is 2.30. The van der Waals surface area contributed by atoms with Gasteiger partial charge in [0, 0.05) is 25.0 Å². The van der Waals surface area contributed by atoms with Crippen LogP contribution < -0.4 is 5.73 Å². The minimum atomic E-state index is 0.338.